The SMILES string of the molecule is Cc1ccc(C(=O)O)c(Cc2ccccn2)c1. The predicted octanol–water partition coefficient (Wildman–Crippen LogP) is 2.68. The van der Waals surface area contributed by atoms with Gasteiger partial charge in [0.25, 0.3) is 0 Å². The number of pyridine rings is 1. The molecule has 0 amide bonds. The van der Waals surface area contributed by atoms with E-state index in [0.717, 1.165) is 16.8 Å². The van der Waals surface area contributed by atoms with Gasteiger partial charge in [-0.05, 0) is 30.7 Å². The lowest BCUT2D eigenvalue weighted by molar-refractivity contribution is 0.0696. The zero-order chi connectivity index (χ0) is 12.3. The number of aromatic nitrogens is 1. The van der Waals surface area contributed by atoms with Gasteiger partial charge in [-0.2, -0.15) is 0 Å². The van der Waals surface area contributed by atoms with Crippen LogP contribution in [0.1, 0.15) is 27.2 Å². The van der Waals surface area contributed by atoms with Crippen molar-refractivity contribution in [2.75, 3.05) is 0 Å². The molecule has 3 heteroatoms. The second-order valence-electron chi connectivity index (χ2n) is 3.96. The number of rotatable bonds is 3. The van der Waals surface area contributed by atoms with Crippen LogP contribution in [0.2, 0.25) is 0 Å². The molecule has 0 saturated heterocycles. The van der Waals surface area contributed by atoms with Gasteiger partial charge in [0.05, 0.1) is 5.56 Å². The maximum absolute atomic E-state index is 11.1. The highest BCUT2D eigenvalue weighted by molar-refractivity contribution is 5.89. The molecule has 0 unspecified atom stereocenters. The molecule has 2 aromatic rings. The third-order valence-corrected chi connectivity index (χ3v) is 2.59. The summed E-state index contributed by atoms with van der Waals surface area (Å²) in [5.41, 5.74) is 3.08. The molecule has 0 fully saturated rings. The van der Waals surface area contributed by atoms with Crippen molar-refractivity contribution in [2.24, 2.45) is 0 Å². The molecule has 1 aromatic heterocycles. The number of hydrogen-bond acceptors (Lipinski definition) is 2. The molecular weight excluding hydrogens is 214 g/mol. The lowest BCUT2D eigenvalue weighted by Crippen LogP contribution is -2.04. The Kier molecular flexibility index (Phi) is 3.19. The molecule has 0 aliphatic rings. The topological polar surface area (TPSA) is 50.2 Å². The average molecular weight is 227 g/mol. The molecule has 1 N–H and O–H groups in total. The van der Waals surface area contributed by atoms with Crippen LogP contribution in [-0.4, -0.2) is 16.1 Å². The number of carboxylic acids is 1. The summed E-state index contributed by atoms with van der Waals surface area (Å²) < 4.78 is 0. The highest BCUT2D eigenvalue weighted by atomic mass is 16.4. The van der Waals surface area contributed by atoms with E-state index in [1.807, 2.05) is 37.3 Å². The van der Waals surface area contributed by atoms with Gasteiger partial charge in [0.15, 0.2) is 0 Å². The molecule has 17 heavy (non-hydrogen) atoms. The first-order chi connectivity index (χ1) is 8.16. The van der Waals surface area contributed by atoms with E-state index in [0.29, 0.717) is 12.0 Å². The maximum atomic E-state index is 11.1. The van der Waals surface area contributed by atoms with Gasteiger partial charge in [-0.1, -0.05) is 23.8 Å². The van der Waals surface area contributed by atoms with Crippen LogP contribution in [0.5, 0.6) is 0 Å². The lowest BCUT2D eigenvalue weighted by Gasteiger charge is -2.06. The van der Waals surface area contributed by atoms with Crippen LogP contribution >= 0.6 is 0 Å². The monoisotopic (exact) mass is 227 g/mol. The number of carboxylic acid groups (broad SMARTS) is 1. The Hall–Kier alpha value is -2.16. The summed E-state index contributed by atoms with van der Waals surface area (Å²) in [5, 5.41) is 9.11. The van der Waals surface area contributed by atoms with Gasteiger partial charge in [-0.3, -0.25) is 4.98 Å². The molecule has 0 aliphatic heterocycles. The molecule has 1 aromatic carbocycles. The summed E-state index contributed by atoms with van der Waals surface area (Å²) >= 11 is 0. The standard InChI is InChI=1S/C14H13NO2/c1-10-5-6-13(14(16)17)11(8-10)9-12-4-2-3-7-15-12/h2-8H,9H2,1H3,(H,16,17). The largest absolute Gasteiger partial charge is 0.478 e. The van der Waals surface area contributed by atoms with E-state index in [1.54, 1.807) is 12.3 Å². The number of carbonyl (C=O) groups is 1. The van der Waals surface area contributed by atoms with Gasteiger partial charge in [0, 0.05) is 18.3 Å². The molecule has 2 rings (SSSR count). The van der Waals surface area contributed by atoms with Gasteiger partial charge < -0.3 is 5.11 Å². The molecule has 0 saturated carbocycles. The van der Waals surface area contributed by atoms with Gasteiger partial charge >= 0.3 is 5.97 Å². The fraction of sp³-hybridized carbons (Fsp3) is 0.143. The Morgan fingerprint density at radius 1 is 1.29 bits per heavy atom. The van der Waals surface area contributed by atoms with Crippen LogP contribution in [0, 0.1) is 6.92 Å². The minimum atomic E-state index is -0.893. The van der Waals surface area contributed by atoms with Crippen molar-refractivity contribution in [3.8, 4) is 0 Å². The molecule has 0 bridgehead atoms. The molecule has 3 nitrogen and oxygen atoms in total. The van der Waals surface area contributed by atoms with Gasteiger partial charge in [0.2, 0.25) is 0 Å². The van der Waals surface area contributed by atoms with E-state index >= 15 is 0 Å². The fourth-order valence-electron chi connectivity index (χ4n) is 1.78. The summed E-state index contributed by atoms with van der Waals surface area (Å²) in [6.07, 6.45) is 2.26. The Labute approximate surface area is 99.8 Å². The lowest BCUT2D eigenvalue weighted by atomic mass is 10.00. The van der Waals surface area contributed by atoms with Crippen molar-refractivity contribution >= 4 is 5.97 Å². The fourth-order valence-corrected chi connectivity index (χ4v) is 1.78. The first kappa shape index (κ1) is 11.3. The van der Waals surface area contributed by atoms with E-state index in [-0.39, 0.29) is 0 Å². The summed E-state index contributed by atoms with van der Waals surface area (Å²) in [4.78, 5) is 15.3. The van der Waals surface area contributed by atoms with Crippen LogP contribution in [0.4, 0.5) is 0 Å². The van der Waals surface area contributed by atoms with Crippen LogP contribution < -0.4 is 0 Å². The highest BCUT2D eigenvalue weighted by Gasteiger charge is 2.10. The van der Waals surface area contributed by atoms with Crippen LogP contribution in [-0.2, 0) is 6.42 Å². The van der Waals surface area contributed by atoms with Crippen molar-refractivity contribution in [3.63, 3.8) is 0 Å². The van der Waals surface area contributed by atoms with Crippen molar-refractivity contribution < 1.29 is 9.90 Å². The molecule has 86 valence electrons. The van der Waals surface area contributed by atoms with Crippen LogP contribution in [0.25, 0.3) is 0 Å². The van der Waals surface area contributed by atoms with Crippen molar-refractivity contribution in [2.45, 2.75) is 13.3 Å². The van der Waals surface area contributed by atoms with Crippen molar-refractivity contribution in [3.05, 3.63) is 65.0 Å². The number of aryl methyl sites for hydroxylation is 1. The molecular formula is C14H13NO2. The van der Waals surface area contributed by atoms with E-state index < -0.39 is 5.97 Å². The van der Waals surface area contributed by atoms with Crippen molar-refractivity contribution in [1.29, 1.82) is 0 Å². The van der Waals surface area contributed by atoms with Gasteiger partial charge in [-0.15, -0.1) is 0 Å². The zero-order valence-electron chi connectivity index (χ0n) is 9.55. The second kappa shape index (κ2) is 4.78. The summed E-state index contributed by atoms with van der Waals surface area (Å²) in [6, 6.07) is 11.0. The number of aromatic carboxylic acids is 1. The van der Waals surface area contributed by atoms with Crippen LogP contribution in [0.3, 0.4) is 0 Å². The van der Waals surface area contributed by atoms with E-state index in [2.05, 4.69) is 4.98 Å². The minimum absolute atomic E-state index is 0.348. The molecule has 0 aliphatic carbocycles. The average Bonchev–Trinajstić information content (AvgIpc) is 2.30. The Morgan fingerprint density at radius 2 is 2.12 bits per heavy atom. The van der Waals surface area contributed by atoms with Gasteiger partial charge in [0.1, 0.15) is 0 Å². The summed E-state index contributed by atoms with van der Waals surface area (Å²) in [6.45, 7) is 1.95. The first-order valence-electron chi connectivity index (χ1n) is 5.39. The Balaban J connectivity index is 2.37. The maximum Gasteiger partial charge on any atom is 0.335 e. The summed E-state index contributed by atoms with van der Waals surface area (Å²) in [5.74, 6) is -0.893. The van der Waals surface area contributed by atoms with Crippen LogP contribution in [0.15, 0.2) is 42.6 Å². The third kappa shape index (κ3) is 2.69. The van der Waals surface area contributed by atoms with E-state index in [9.17, 15) is 4.79 Å². The third-order valence-electron chi connectivity index (χ3n) is 2.59. The zero-order valence-corrected chi connectivity index (χ0v) is 9.55. The smallest absolute Gasteiger partial charge is 0.335 e. The van der Waals surface area contributed by atoms with Gasteiger partial charge in [-0.25, -0.2) is 4.79 Å². The second-order valence-corrected chi connectivity index (χ2v) is 3.96. The Bertz CT molecular complexity index is 535. The molecule has 0 radical (unpaired) electrons. The highest BCUT2D eigenvalue weighted by Crippen LogP contribution is 2.15. The van der Waals surface area contributed by atoms with E-state index in [1.165, 1.54) is 0 Å². The predicted molar refractivity (Wildman–Crippen MR) is 65.2 cm³/mol. The number of benzene rings is 1. The number of hydrogen-bond donors (Lipinski definition) is 1. The normalized spacial score (nSPS) is 10.2. The molecule has 1 heterocycles. The molecule has 0 atom stereocenters. The van der Waals surface area contributed by atoms with E-state index in [4.69, 9.17) is 5.11 Å². The number of nitrogens with zero attached hydrogens (tertiary/aromatic N) is 1. The quantitative estimate of drug-likeness (QED) is 0.877. The Morgan fingerprint density at radius 3 is 2.76 bits per heavy atom. The first-order valence-corrected chi connectivity index (χ1v) is 5.39. The summed E-state index contributed by atoms with van der Waals surface area (Å²) in [7, 11) is 0. The molecule has 0 spiro atoms. The minimum Gasteiger partial charge on any atom is -0.478 e. The van der Waals surface area contributed by atoms with Crippen molar-refractivity contribution in [1.82, 2.24) is 4.98 Å².